The van der Waals surface area contributed by atoms with Gasteiger partial charge >= 0.3 is 0 Å². The third-order valence-electron chi connectivity index (χ3n) is 5.45. The summed E-state index contributed by atoms with van der Waals surface area (Å²) >= 11 is 0. The number of benzene rings is 1. The average molecular weight is 462 g/mol. The van der Waals surface area contributed by atoms with Gasteiger partial charge in [0, 0.05) is 37.2 Å². The summed E-state index contributed by atoms with van der Waals surface area (Å²) in [5.74, 6) is -1.22. The minimum absolute atomic E-state index is 0.0305. The van der Waals surface area contributed by atoms with Crippen LogP contribution in [0.4, 0.5) is 24.8 Å². The molecule has 1 saturated heterocycles. The fourth-order valence-corrected chi connectivity index (χ4v) is 3.77. The molecule has 0 radical (unpaired) electrons. The Labute approximate surface area is 188 Å². The Kier molecular flexibility index (Phi) is 7.21. The van der Waals surface area contributed by atoms with Gasteiger partial charge in [0.25, 0.3) is 0 Å². The highest BCUT2D eigenvalue weighted by atomic mass is 19.1. The van der Waals surface area contributed by atoms with Crippen LogP contribution in [0.5, 0.6) is 0 Å². The van der Waals surface area contributed by atoms with Crippen molar-refractivity contribution in [2.45, 2.75) is 38.3 Å². The SMILES string of the molecule is CC1CC(c2ncc(-c3nc(Nc4cc(F)c(CNCCO)cc4F)ncc3F)[nH]2)CCO1. The van der Waals surface area contributed by atoms with Crippen LogP contribution in [0.1, 0.15) is 37.1 Å². The van der Waals surface area contributed by atoms with Crippen LogP contribution in [0.25, 0.3) is 11.4 Å². The van der Waals surface area contributed by atoms with Gasteiger partial charge in [-0.15, -0.1) is 0 Å². The molecule has 176 valence electrons. The number of ether oxygens (including phenoxy) is 1. The number of rotatable bonds is 8. The highest BCUT2D eigenvalue weighted by molar-refractivity contribution is 5.60. The van der Waals surface area contributed by atoms with Crippen molar-refractivity contribution in [3.05, 3.63) is 53.4 Å². The fourth-order valence-electron chi connectivity index (χ4n) is 3.77. The van der Waals surface area contributed by atoms with Crippen LogP contribution in [0, 0.1) is 17.5 Å². The number of hydrogen-bond donors (Lipinski definition) is 4. The van der Waals surface area contributed by atoms with E-state index in [-0.39, 0.29) is 54.6 Å². The molecule has 1 aliphatic rings. The average Bonchev–Trinajstić information content (AvgIpc) is 3.28. The Hall–Kier alpha value is -3.02. The topological polar surface area (TPSA) is 108 Å². The lowest BCUT2D eigenvalue weighted by Crippen LogP contribution is -2.22. The first kappa shape index (κ1) is 23.1. The molecule has 1 fully saturated rings. The summed E-state index contributed by atoms with van der Waals surface area (Å²) in [4.78, 5) is 15.5. The van der Waals surface area contributed by atoms with Gasteiger partial charge < -0.3 is 25.5 Å². The quantitative estimate of drug-likeness (QED) is 0.380. The molecule has 1 aromatic carbocycles. The van der Waals surface area contributed by atoms with Crippen molar-refractivity contribution in [1.29, 1.82) is 0 Å². The smallest absolute Gasteiger partial charge is 0.228 e. The molecule has 1 aliphatic heterocycles. The van der Waals surface area contributed by atoms with Crippen LogP contribution in [-0.4, -0.2) is 50.9 Å². The number of hydrogen-bond acceptors (Lipinski definition) is 7. The van der Waals surface area contributed by atoms with Crippen molar-refractivity contribution in [3.63, 3.8) is 0 Å². The van der Waals surface area contributed by atoms with Crippen molar-refractivity contribution in [1.82, 2.24) is 25.3 Å². The van der Waals surface area contributed by atoms with Crippen LogP contribution in [0.3, 0.4) is 0 Å². The van der Waals surface area contributed by atoms with Crippen molar-refractivity contribution in [2.24, 2.45) is 0 Å². The number of aliphatic hydroxyl groups is 1. The molecule has 0 spiro atoms. The standard InChI is InChI=1S/C22H25F3N6O2/c1-12-6-13(2-5-33-12)21-27-11-19(29-21)20-17(25)10-28-22(31-20)30-18-8-15(23)14(7-16(18)24)9-26-3-4-32/h7-8,10-13,26,32H,2-6,9H2,1H3,(H,27,29)(H,28,30,31). The molecule has 0 aliphatic carbocycles. The molecule has 0 amide bonds. The van der Waals surface area contributed by atoms with Gasteiger partial charge in [-0.05, 0) is 25.8 Å². The van der Waals surface area contributed by atoms with Crippen molar-refractivity contribution in [2.75, 3.05) is 25.1 Å². The van der Waals surface area contributed by atoms with Crippen LogP contribution in [0.15, 0.2) is 24.5 Å². The van der Waals surface area contributed by atoms with E-state index in [1.807, 2.05) is 6.92 Å². The maximum absolute atomic E-state index is 14.5. The molecular formula is C22H25F3N6O2. The molecule has 3 aromatic rings. The Morgan fingerprint density at radius 3 is 2.79 bits per heavy atom. The Bertz CT molecular complexity index is 1110. The normalized spacial score (nSPS) is 18.5. The summed E-state index contributed by atoms with van der Waals surface area (Å²) in [5, 5.41) is 14.2. The summed E-state index contributed by atoms with van der Waals surface area (Å²) in [7, 11) is 0. The van der Waals surface area contributed by atoms with Gasteiger partial charge in [0.15, 0.2) is 5.82 Å². The van der Waals surface area contributed by atoms with E-state index in [9.17, 15) is 13.2 Å². The lowest BCUT2D eigenvalue weighted by Gasteiger charge is -2.25. The minimum Gasteiger partial charge on any atom is -0.395 e. The third-order valence-corrected chi connectivity index (χ3v) is 5.45. The second-order valence-corrected chi connectivity index (χ2v) is 7.92. The first-order chi connectivity index (χ1) is 15.9. The van der Waals surface area contributed by atoms with Crippen molar-refractivity contribution < 1.29 is 23.0 Å². The second-order valence-electron chi connectivity index (χ2n) is 7.92. The third kappa shape index (κ3) is 5.49. The highest BCUT2D eigenvalue weighted by Crippen LogP contribution is 2.30. The lowest BCUT2D eigenvalue weighted by atomic mass is 9.96. The zero-order chi connectivity index (χ0) is 23.4. The Morgan fingerprint density at radius 2 is 2.00 bits per heavy atom. The van der Waals surface area contributed by atoms with E-state index >= 15 is 0 Å². The van der Waals surface area contributed by atoms with E-state index in [1.165, 1.54) is 6.20 Å². The Morgan fingerprint density at radius 1 is 1.15 bits per heavy atom. The van der Waals surface area contributed by atoms with Gasteiger partial charge in [-0.2, -0.15) is 0 Å². The van der Waals surface area contributed by atoms with Gasteiger partial charge in [-0.1, -0.05) is 0 Å². The molecule has 33 heavy (non-hydrogen) atoms. The molecule has 3 heterocycles. The van der Waals surface area contributed by atoms with Gasteiger partial charge in [-0.3, -0.25) is 0 Å². The van der Waals surface area contributed by atoms with Gasteiger partial charge in [-0.25, -0.2) is 28.1 Å². The fraction of sp³-hybridized carbons (Fsp3) is 0.409. The van der Waals surface area contributed by atoms with E-state index in [0.717, 1.165) is 37.0 Å². The van der Waals surface area contributed by atoms with Gasteiger partial charge in [0.2, 0.25) is 5.95 Å². The molecule has 2 atom stereocenters. The predicted octanol–water partition coefficient (Wildman–Crippen LogP) is 3.39. The van der Waals surface area contributed by atoms with Crippen molar-refractivity contribution >= 4 is 11.6 Å². The number of halogens is 3. The molecule has 0 bridgehead atoms. The van der Waals surface area contributed by atoms with E-state index < -0.39 is 17.5 Å². The van der Waals surface area contributed by atoms with Gasteiger partial charge in [0.05, 0.1) is 36.5 Å². The molecular weight excluding hydrogens is 437 g/mol. The number of anilines is 2. The van der Waals surface area contributed by atoms with Crippen molar-refractivity contribution in [3.8, 4) is 11.4 Å². The van der Waals surface area contributed by atoms with Crippen LogP contribution in [-0.2, 0) is 11.3 Å². The maximum Gasteiger partial charge on any atom is 0.228 e. The minimum atomic E-state index is -0.718. The molecule has 2 aromatic heterocycles. The van der Waals surface area contributed by atoms with Crippen LogP contribution < -0.4 is 10.6 Å². The summed E-state index contributed by atoms with van der Waals surface area (Å²) in [6.07, 6.45) is 4.20. The first-order valence-corrected chi connectivity index (χ1v) is 10.7. The second kappa shape index (κ2) is 10.3. The molecule has 0 saturated carbocycles. The number of nitrogens with one attached hydrogen (secondary N) is 3. The zero-order valence-corrected chi connectivity index (χ0v) is 18.0. The summed E-state index contributed by atoms with van der Waals surface area (Å²) in [6.45, 7) is 2.85. The number of aliphatic hydroxyl groups excluding tert-OH is 1. The van der Waals surface area contributed by atoms with E-state index in [0.29, 0.717) is 12.3 Å². The first-order valence-electron chi connectivity index (χ1n) is 10.7. The van der Waals surface area contributed by atoms with E-state index in [2.05, 4.69) is 30.6 Å². The van der Waals surface area contributed by atoms with E-state index in [4.69, 9.17) is 9.84 Å². The highest BCUT2D eigenvalue weighted by Gasteiger charge is 2.24. The summed E-state index contributed by atoms with van der Waals surface area (Å²) < 4.78 is 48.9. The molecule has 4 N–H and O–H groups in total. The predicted molar refractivity (Wildman–Crippen MR) is 115 cm³/mol. The van der Waals surface area contributed by atoms with Crippen LogP contribution >= 0.6 is 0 Å². The number of aromatic nitrogens is 4. The molecule has 4 rings (SSSR count). The van der Waals surface area contributed by atoms with Crippen LogP contribution in [0.2, 0.25) is 0 Å². The molecule has 11 heteroatoms. The number of nitrogens with zero attached hydrogens (tertiary/aromatic N) is 3. The monoisotopic (exact) mass is 462 g/mol. The zero-order valence-electron chi connectivity index (χ0n) is 18.0. The van der Waals surface area contributed by atoms with E-state index in [1.54, 1.807) is 0 Å². The number of aromatic amines is 1. The summed E-state index contributed by atoms with van der Waals surface area (Å²) in [6, 6.07) is 2.03. The molecule has 2 unspecified atom stereocenters. The number of imidazole rings is 1. The molecule has 8 nitrogen and oxygen atoms in total. The van der Waals surface area contributed by atoms with Gasteiger partial charge in [0.1, 0.15) is 23.2 Å². The Balaban J connectivity index is 1.53. The maximum atomic E-state index is 14.5. The lowest BCUT2D eigenvalue weighted by molar-refractivity contribution is 0.0174. The largest absolute Gasteiger partial charge is 0.395 e. The number of H-pyrrole nitrogens is 1. The summed E-state index contributed by atoms with van der Waals surface area (Å²) in [5.41, 5.74) is 0.262.